The van der Waals surface area contributed by atoms with Crippen LogP contribution >= 0.6 is 0 Å². The number of hydrogen-bond donors (Lipinski definition) is 1. The number of carbonyl (C=O) groups is 1. The highest BCUT2D eigenvalue weighted by Gasteiger charge is 2.25. The van der Waals surface area contributed by atoms with Crippen LogP contribution < -0.4 is 5.32 Å². The fourth-order valence-corrected chi connectivity index (χ4v) is 4.21. The van der Waals surface area contributed by atoms with Crippen LogP contribution in [-0.2, 0) is 6.42 Å². The molecule has 0 bridgehead atoms. The van der Waals surface area contributed by atoms with Crippen molar-refractivity contribution in [3.63, 3.8) is 0 Å². The molecule has 0 radical (unpaired) electrons. The molecule has 0 saturated heterocycles. The number of rotatable bonds is 8. The van der Waals surface area contributed by atoms with Gasteiger partial charge in [0.15, 0.2) is 0 Å². The van der Waals surface area contributed by atoms with Crippen molar-refractivity contribution in [1.82, 2.24) is 9.80 Å². The maximum absolute atomic E-state index is 12.9. The summed E-state index contributed by atoms with van der Waals surface area (Å²) in [6.45, 7) is 5.35. The zero-order chi connectivity index (χ0) is 19.8. The van der Waals surface area contributed by atoms with E-state index >= 15 is 0 Å². The molecule has 2 rings (SSSR count). The second-order valence-electron chi connectivity index (χ2n) is 9.00. The molecule has 0 spiro atoms. The van der Waals surface area contributed by atoms with Crippen LogP contribution in [0, 0.1) is 11.8 Å². The lowest BCUT2D eigenvalue weighted by Gasteiger charge is -2.34. The summed E-state index contributed by atoms with van der Waals surface area (Å²) in [4.78, 5) is 17.0. The van der Waals surface area contributed by atoms with Gasteiger partial charge in [-0.25, -0.2) is 4.79 Å². The van der Waals surface area contributed by atoms with E-state index in [0.29, 0.717) is 5.92 Å². The van der Waals surface area contributed by atoms with Crippen LogP contribution in [-0.4, -0.2) is 49.6 Å². The molecule has 1 aliphatic rings. The number of nitrogens with zero attached hydrogens (tertiary/aromatic N) is 2. The first-order valence-electron chi connectivity index (χ1n) is 10.6. The Morgan fingerprint density at radius 3 is 2.48 bits per heavy atom. The summed E-state index contributed by atoms with van der Waals surface area (Å²) < 4.78 is 0. The van der Waals surface area contributed by atoms with Crippen LogP contribution in [0.2, 0.25) is 0 Å². The second kappa shape index (κ2) is 10.7. The van der Waals surface area contributed by atoms with Crippen molar-refractivity contribution in [2.75, 3.05) is 33.0 Å². The van der Waals surface area contributed by atoms with Crippen molar-refractivity contribution in [1.29, 1.82) is 0 Å². The molecular weight excluding hydrogens is 334 g/mol. The molecule has 0 aromatic heterocycles. The smallest absolute Gasteiger partial charge is 0.321 e. The van der Waals surface area contributed by atoms with Gasteiger partial charge in [0.2, 0.25) is 0 Å². The topological polar surface area (TPSA) is 35.6 Å². The lowest BCUT2D eigenvalue weighted by atomic mass is 9.84. The van der Waals surface area contributed by atoms with Crippen molar-refractivity contribution in [3.05, 3.63) is 29.8 Å². The second-order valence-corrected chi connectivity index (χ2v) is 9.00. The molecule has 0 heterocycles. The van der Waals surface area contributed by atoms with E-state index < -0.39 is 0 Å². The van der Waals surface area contributed by atoms with Gasteiger partial charge in [-0.1, -0.05) is 58.1 Å². The van der Waals surface area contributed by atoms with Crippen LogP contribution in [0.25, 0.3) is 0 Å². The Bertz CT molecular complexity index is 579. The summed E-state index contributed by atoms with van der Waals surface area (Å²) in [6, 6.07) is 8.51. The van der Waals surface area contributed by atoms with Gasteiger partial charge in [0.05, 0.1) is 0 Å². The van der Waals surface area contributed by atoms with Crippen molar-refractivity contribution in [2.24, 2.45) is 11.8 Å². The molecule has 1 atom stereocenters. The quantitative estimate of drug-likeness (QED) is 0.675. The molecule has 1 aromatic rings. The first-order valence-corrected chi connectivity index (χ1v) is 10.6. The van der Waals surface area contributed by atoms with Gasteiger partial charge in [-0.05, 0) is 56.5 Å². The number of urea groups is 1. The number of nitrogens with one attached hydrogen (secondary N) is 1. The average Bonchev–Trinajstić information content (AvgIpc) is 2.60. The van der Waals surface area contributed by atoms with E-state index in [-0.39, 0.29) is 12.1 Å². The molecular formula is C23H39N3O. The lowest BCUT2D eigenvalue weighted by Crippen LogP contribution is -2.46. The molecule has 4 nitrogen and oxygen atoms in total. The van der Waals surface area contributed by atoms with Gasteiger partial charge in [0, 0.05) is 25.3 Å². The summed E-state index contributed by atoms with van der Waals surface area (Å²) in [6.07, 6.45) is 8.83. The molecule has 1 saturated carbocycles. The SMILES string of the molecule is CC(C)Cc1cccc(NC(=O)N(C)[C@@H](CC2CCCCC2)CN(C)C)c1. The van der Waals surface area contributed by atoms with Crippen LogP contribution in [0.15, 0.2) is 24.3 Å². The van der Waals surface area contributed by atoms with E-state index in [1.54, 1.807) is 0 Å². The number of anilines is 1. The Kier molecular flexibility index (Phi) is 8.62. The summed E-state index contributed by atoms with van der Waals surface area (Å²) in [5.41, 5.74) is 2.17. The highest BCUT2D eigenvalue weighted by molar-refractivity contribution is 5.89. The molecule has 1 N–H and O–H groups in total. The van der Waals surface area contributed by atoms with E-state index in [2.05, 4.69) is 50.3 Å². The molecule has 1 aromatic carbocycles. The van der Waals surface area contributed by atoms with Crippen molar-refractivity contribution in [2.45, 2.75) is 64.8 Å². The summed E-state index contributed by atoms with van der Waals surface area (Å²) >= 11 is 0. The van der Waals surface area contributed by atoms with Gasteiger partial charge in [0.25, 0.3) is 0 Å². The predicted octanol–water partition coefficient (Wildman–Crippen LogP) is 5.25. The van der Waals surface area contributed by atoms with Crippen LogP contribution in [0.5, 0.6) is 0 Å². The monoisotopic (exact) mass is 373 g/mol. The Morgan fingerprint density at radius 2 is 1.85 bits per heavy atom. The molecule has 1 fully saturated rings. The third-order valence-corrected chi connectivity index (χ3v) is 5.60. The van der Waals surface area contributed by atoms with Gasteiger partial charge < -0.3 is 15.1 Å². The zero-order valence-corrected chi connectivity index (χ0v) is 18.0. The number of carbonyl (C=O) groups excluding carboxylic acids is 1. The fraction of sp³-hybridized carbons (Fsp3) is 0.696. The summed E-state index contributed by atoms with van der Waals surface area (Å²) in [7, 11) is 6.13. The molecule has 27 heavy (non-hydrogen) atoms. The largest absolute Gasteiger partial charge is 0.323 e. The lowest BCUT2D eigenvalue weighted by molar-refractivity contribution is 0.164. The minimum Gasteiger partial charge on any atom is -0.323 e. The van der Waals surface area contributed by atoms with E-state index in [9.17, 15) is 4.79 Å². The van der Waals surface area contributed by atoms with Crippen LogP contribution in [0.3, 0.4) is 0 Å². The highest BCUT2D eigenvalue weighted by atomic mass is 16.2. The fourth-order valence-electron chi connectivity index (χ4n) is 4.21. The normalized spacial score (nSPS) is 16.6. The molecule has 1 aliphatic carbocycles. The van der Waals surface area contributed by atoms with Gasteiger partial charge in [-0.15, -0.1) is 0 Å². The number of benzene rings is 1. The van der Waals surface area contributed by atoms with Crippen molar-refractivity contribution >= 4 is 11.7 Å². The van der Waals surface area contributed by atoms with Crippen molar-refractivity contribution in [3.8, 4) is 0 Å². The molecule has 0 unspecified atom stereocenters. The third-order valence-electron chi connectivity index (χ3n) is 5.60. The number of likely N-dealkylation sites (N-methyl/N-ethyl adjacent to an activating group) is 2. The molecule has 152 valence electrons. The Balaban J connectivity index is 2.00. The number of hydrogen-bond acceptors (Lipinski definition) is 2. The first kappa shape index (κ1) is 21.7. The molecule has 4 heteroatoms. The first-order chi connectivity index (χ1) is 12.8. The maximum atomic E-state index is 12.9. The van der Waals surface area contributed by atoms with E-state index in [1.165, 1.54) is 37.7 Å². The minimum atomic E-state index is -0.000596. The number of amides is 2. The standard InChI is InChI=1S/C23H39N3O/c1-18(2)14-20-12-9-13-21(15-20)24-23(27)26(5)22(17-25(3)4)16-19-10-7-6-8-11-19/h9,12-13,15,18-19,22H,6-8,10-11,14,16-17H2,1-5H3,(H,24,27)/t22-/m0/s1. The predicted molar refractivity (Wildman–Crippen MR) is 115 cm³/mol. The van der Waals surface area contributed by atoms with Gasteiger partial charge in [-0.3, -0.25) is 0 Å². The minimum absolute atomic E-state index is 0.000596. The van der Waals surface area contributed by atoms with Gasteiger partial charge in [0.1, 0.15) is 0 Å². The molecule has 0 aliphatic heterocycles. The van der Waals surface area contributed by atoms with Crippen LogP contribution in [0.1, 0.15) is 57.9 Å². The third kappa shape index (κ3) is 7.53. The molecule has 2 amide bonds. The van der Waals surface area contributed by atoms with Gasteiger partial charge in [-0.2, -0.15) is 0 Å². The maximum Gasteiger partial charge on any atom is 0.321 e. The van der Waals surface area contributed by atoms with Crippen LogP contribution in [0.4, 0.5) is 10.5 Å². The Hall–Kier alpha value is -1.55. The zero-order valence-electron chi connectivity index (χ0n) is 18.0. The Labute approximate surface area is 166 Å². The van der Waals surface area contributed by atoms with E-state index in [1.807, 2.05) is 24.1 Å². The average molecular weight is 374 g/mol. The highest BCUT2D eigenvalue weighted by Crippen LogP contribution is 2.28. The van der Waals surface area contributed by atoms with Crippen molar-refractivity contribution < 1.29 is 4.79 Å². The van der Waals surface area contributed by atoms with E-state index in [0.717, 1.165) is 31.0 Å². The Morgan fingerprint density at radius 1 is 1.15 bits per heavy atom. The van der Waals surface area contributed by atoms with E-state index in [4.69, 9.17) is 0 Å². The summed E-state index contributed by atoms with van der Waals surface area (Å²) in [5, 5.41) is 3.11. The van der Waals surface area contributed by atoms with Gasteiger partial charge >= 0.3 is 6.03 Å². The summed E-state index contributed by atoms with van der Waals surface area (Å²) in [5.74, 6) is 1.37.